The molecule has 0 aliphatic heterocycles. The fourth-order valence-corrected chi connectivity index (χ4v) is 1.76. The molecule has 0 bridgehead atoms. The Hall–Kier alpha value is -0.830. The van der Waals surface area contributed by atoms with Crippen molar-refractivity contribution in [3.63, 3.8) is 0 Å². The van der Waals surface area contributed by atoms with Crippen molar-refractivity contribution in [1.29, 1.82) is 0 Å². The molecule has 0 aliphatic carbocycles. The molecule has 7 heteroatoms. The third-order valence-corrected chi connectivity index (χ3v) is 2.76. The first kappa shape index (κ1) is 19.2. The first-order valence-electron chi connectivity index (χ1n) is 6.61. The Morgan fingerprint density at radius 2 is 2.10 bits per heavy atom. The van der Waals surface area contributed by atoms with Crippen LogP contribution in [0, 0.1) is 13.8 Å². The molecule has 6 nitrogen and oxygen atoms in total. The first-order valence-corrected chi connectivity index (χ1v) is 6.61. The molecule has 1 aromatic heterocycles. The van der Waals surface area contributed by atoms with Crippen molar-refractivity contribution in [2.24, 2.45) is 4.99 Å². The van der Waals surface area contributed by atoms with E-state index in [9.17, 15) is 0 Å². The summed E-state index contributed by atoms with van der Waals surface area (Å²) < 4.78 is 10.1. The van der Waals surface area contributed by atoms with Crippen molar-refractivity contribution in [2.75, 3.05) is 33.4 Å². The van der Waals surface area contributed by atoms with Gasteiger partial charge in [-0.2, -0.15) is 0 Å². The molecule has 1 rings (SSSR count). The summed E-state index contributed by atoms with van der Waals surface area (Å²) in [7, 11) is 1.67. The number of hydrogen-bond acceptors (Lipinski definition) is 4. The van der Waals surface area contributed by atoms with Gasteiger partial charge < -0.3 is 19.9 Å². The molecule has 0 unspecified atom stereocenters. The van der Waals surface area contributed by atoms with Gasteiger partial charge in [-0.25, -0.2) is 0 Å². The molecule has 1 heterocycles. The van der Waals surface area contributed by atoms with Crippen LogP contribution in [0.1, 0.15) is 23.9 Å². The van der Waals surface area contributed by atoms with Crippen LogP contribution in [0.25, 0.3) is 0 Å². The van der Waals surface area contributed by atoms with Crippen LogP contribution in [0.4, 0.5) is 0 Å². The standard InChI is InChI=1S/C13H24N4O2.HI/c1-5-14-13(16-8-9-18-4)15-7-6-12-10(2)17-19-11(12)3;/h5-9H2,1-4H3,(H2,14,15,16);1H. The summed E-state index contributed by atoms with van der Waals surface area (Å²) in [6.45, 7) is 8.85. The molecule has 1 aromatic rings. The normalized spacial score (nSPS) is 11.1. The van der Waals surface area contributed by atoms with E-state index in [0.717, 1.165) is 36.9 Å². The highest BCUT2D eigenvalue weighted by Gasteiger charge is 2.08. The van der Waals surface area contributed by atoms with Crippen molar-refractivity contribution in [1.82, 2.24) is 15.8 Å². The second-order valence-corrected chi connectivity index (χ2v) is 4.23. The molecule has 0 saturated heterocycles. The van der Waals surface area contributed by atoms with E-state index in [2.05, 4.69) is 20.8 Å². The summed E-state index contributed by atoms with van der Waals surface area (Å²) in [5.41, 5.74) is 2.13. The van der Waals surface area contributed by atoms with E-state index in [1.54, 1.807) is 7.11 Å². The lowest BCUT2D eigenvalue weighted by Crippen LogP contribution is -2.38. The second-order valence-electron chi connectivity index (χ2n) is 4.23. The average Bonchev–Trinajstić information content (AvgIpc) is 2.70. The largest absolute Gasteiger partial charge is 0.383 e. The number of aromatic nitrogens is 1. The van der Waals surface area contributed by atoms with Gasteiger partial charge in [0.2, 0.25) is 0 Å². The van der Waals surface area contributed by atoms with Gasteiger partial charge in [0.1, 0.15) is 5.76 Å². The number of halogens is 1. The van der Waals surface area contributed by atoms with Gasteiger partial charge in [-0.05, 0) is 27.2 Å². The third-order valence-electron chi connectivity index (χ3n) is 2.76. The highest BCUT2D eigenvalue weighted by molar-refractivity contribution is 14.0. The SMILES string of the molecule is CCNC(=NCCOC)NCCc1c(C)noc1C.I. The van der Waals surface area contributed by atoms with Gasteiger partial charge in [-0.1, -0.05) is 5.16 Å². The highest BCUT2D eigenvalue weighted by Crippen LogP contribution is 2.11. The maximum atomic E-state index is 5.14. The van der Waals surface area contributed by atoms with Gasteiger partial charge >= 0.3 is 0 Å². The Morgan fingerprint density at radius 1 is 1.35 bits per heavy atom. The van der Waals surface area contributed by atoms with Crippen molar-refractivity contribution >= 4 is 29.9 Å². The molecule has 20 heavy (non-hydrogen) atoms. The lowest BCUT2D eigenvalue weighted by molar-refractivity contribution is 0.208. The first-order chi connectivity index (χ1) is 9.19. The molecular weight excluding hydrogens is 371 g/mol. The van der Waals surface area contributed by atoms with Crippen LogP contribution in [-0.4, -0.2) is 44.5 Å². The minimum Gasteiger partial charge on any atom is -0.383 e. The molecule has 116 valence electrons. The molecule has 0 radical (unpaired) electrons. The van der Waals surface area contributed by atoms with E-state index >= 15 is 0 Å². The maximum absolute atomic E-state index is 5.14. The van der Waals surface area contributed by atoms with Crippen LogP contribution in [0.2, 0.25) is 0 Å². The van der Waals surface area contributed by atoms with Gasteiger partial charge in [0.15, 0.2) is 5.96 Å². The van der Waals surface area contributed by atoms with Crippen molar-refractivity contribution in [2.45, 2.75) is 27.2 Å². The number of hydrogen-bond donors (Lipinski definition) is 2. The number of nitrogens with zero attached hydrogens (tertiary/aromatic N) is 2. The molecule has 0 aromatic carbocycles. The molecule has 0 fully saturated rings. The number of methoxy groups -OCH3 is 1. The van der Waals surface area contributed by atoms with E-state index in [-0.39, 0.29) is 24.0 Å². The maximum Gasteiger partial charge on any atom is 0.191 e. The predicted octanol–water partition coefficient (Wildman–Crippen LogP) is 1.65. The van der Waals surface area contributed by atoms with Crippen LogP contribution < -0.4 is 10.6 Å². The molecule has 2 N–H and O–H groups in total. The molecular formula is C13H25IN4O2. The minimum absolute atomic E-state index is 0. The Kier molecular flexibility index (Phi) is 10.4. The van der Waals surface area contributed by atoms with Crippen LogP contribution in [0.3, 0.4) is 0 Å². The fraction of sp³-hybridized carbons (Fsp3) is 0.692. The zero-order valence-corrected chi connectivity index (χ0v) is 15.0. The molecule has 0 amide bonds. The highest BCUT2D eigenvalue weighted by atomic mass is 127. The topological polar surface area (TPSA) is 71.7 Å². The van der Waals surface area contributed by atoms with Gasteiger partial charge in [0.25, 0.3) is 0 Å². The van der Waals surface area contributed by atoms with Crippen molar-refractivity contribution in [3.05, 3.63) is 17.0 Å². The molecule has 0 atom stereocenters. The average molecular weight is 396 g/mol. The summed E-state index contributed by atoms with van der Waals surface area (Å²) in [5.74, 6) is 1.70. The van der Waals surface area contributed by atoms with E-state index in [1.165, 1.54) is 5.56 Å². The van der Waals surface area contributed by atoms with E-state index < -0.39 is 0 Å². The van der Waals surface area contributed by atoms with Gasteiger partial charge in [-0.3, -0.25) is 4.99 Å². The number of aryl methyl sites for hydroxylation is 2. The Labute approximate surface area is 137 Å². The zero-order chi connectivity index (χ0) is 14.1. The lowest BCUT2D eigenvalue weighted by atomic mass is 10.1. The molecule has 0 spiro atoms. The van der Waals surface area contributed by atoms with Crippen LogP contribution >= 0.6 is 24.0 Å². The number of guanidine groups is 1. The van der Waals surface area contributed by atoms with Gasteiger partial charge in [-0.15, -0.1) is 24.0 Å². The van der Waals surface area contributed by atoms with Gasteiger partial charge in [0, 0.05) is 25.8 Å². The quantitative estimate of drug-likeness (QED) is 0.318. The van der Waals surface area contributed by atoms with Gasteiger partial charge in [0.05, 0.1) is 18.8 Å². The third kappa shape index (κ3) is 6.56. The van der Waals surface area contributed by atoms with Crippen LogP contribution in [0.5, 0.6) is 0 Å². The molecule has 0 aliphatic rings. The summed E-state index contributed by atoms with van der Waals surface area (Å²) in [6.07, 6.45) is 0.871. The number of rotatable bonds is 7. The Bertz CT molecular complexity index is 388. The summed E-state index contributed by atoms with van der Waals surface area (Å²) >= 11 is 0. The number of ether oxygens (including phenoxy) is 1. The molecule has 0 saturated carbocycles. The van der Waals surface area contributed by atoms with Crippen LogP contribution in [-0.2, 0) is 11.2 Å². The number of aliphatic imine (C=N–C) groups is 1. The van der Waals surface area contributed by atoms with E-state index in [0.29, 0.717) is 13.2 Å². The lowest BCUT2D eigenvalue weighted by Gasteiger charge is -2.11. The second kappa shape index (κ2) is 10.9. The monoisotopic (exact) mass is 396 g/mol. The van der Waals surface area contributed by atoms with Crippen LogP contribution in [0.15, 0.2) is 9.52 Å². The van der Waals surface area contributed by atoms with E-state index in [4.69, 9.17) is 9.26 Å². The van der Waals surface area contributed by atoms with Crippen molar-refractivity contribution < 1.29 is 9.26 Å². The minimum atomic E-state index is 0. The van der Waals surface area contributed by atoms with Crippen molar-refractivity contribution in [3.8, 4) is 0 Å². The Balaban J connectivity index is 0.00000361. The summed E-state index contributed by atoms with van der Waals surface area (Å²) in [4.78, 5) is 4.40. The smallest absolute Gasteiger partial charge is 0.191 e. The Morgan fingerprint density at radius 3 is 2.65 bits per heavy atom. The summed E-state index contributed by atoms with van der Waals surface area (Å²) in [6, 6.07) is 0. The summed E-state index contributed by atoms with van der Waals surface area (Å²) in [5, 5.41) is 10.4. The van der Waals surface area contributed by atoms with E-state index in [1.807, 2.05) is 20.8 Å². The zero-order valence-electron chi connectivity index (χ0n) is 12.7. The fourth-order valence-electron chi connectivity index (χ4n) is 1.76. The predicted molar refractivity (Wildman–Crippen MR) is 91.0 cm³/mol. The number of nitrogens with one attached hydrogen (secondary N) is 2.